The molecule has 5 heteroatoms. The number of carbonyl (C=O) groups is 1. The number of halogens is 1. The van der Waals surface area contributed by atoms with Crippen molar-refractivity contribution < 1.29 is 4.79 Å². The normalized spacial score (nSPS) is 15.6. The third kappa shape index (κ3) is 6.44. The third-order valence-electron chi connectivity index (χ3n) is 6.86. The number of piperidine rings is 1. The SMILES string of the molecule is C=CC#CCCC1=C=CCC(Cl)=C(c2cc(C(=O)N3CCC(c4ccc(C#N)cc4)CC3)ccc2C)N1. The second-order valence-corrected chi connectivity index (χ2v) is 9.75. The molecule has 1 saturated heterocycles. The summed E-state index contributed by atoms with van der Waals surface area (Å²) in [7, 11) is 0. The Morgan fingerprint density at radius 2 is 2.00 bits per heavy atom. The first-order valence-electron chi connectivity index (χ1n) is 12.6. The molecule has 2 aromatic carbocycles. The molecule has 0 atom stereocenters. The number of nitrogens with zero attached hydrogens (tertiary/aromatic N) is 2. The zero-order valence-corrected chi connectivity index (χ0v) is 21.9. The fourth-order valence-electron chi connectivity index (χ4n) is 4.75. The number of amides is 1. The highest BCUT2D eigenvalue weighted by Crippen LogP contribution is 2.31. The predicted molar refractivity (Wildman–Crippen MR) is 150 cm³/mol. The topological polar surface area (TPSA) is 56.1 Å². The van der Waals surface area contributed by atoms with E-state index in [2.05, 4.69) is 35.5 Å². The summed E-state index contributed by atoms with van der Waals surface area (Å²) in [5.74, 6) is 6.38. The summed E-state index contributed by atoms with van der Waals surface area (Å²) in [4.78, 5) is 15.4. The van der Waals surface area contributed by atoms with E-state index in [9.17, 15) is 4.79 Å². The van der Waals surface area contributed by atoms with Crippen molar-refractivity contribution in [3.63, 3.8) is 0 Å². The van der Waals surface area contributed by atoms with Gasteiger partial charge in [-0.3, -0.25) is 4.79 Å². The molecule has 0 unspecified atom stereocenters. The van der Waals surface area contributed by atoms with Crippen LogP contribution in [0.1, 0.15) is 70.6 Å². The molecule has 2 aliphatic heterocycles. The summed E-state index contributed by atoms with van der Waals surface area (Å²) in [6.07, 6.45) is 7.32. The van der Waals surface area contributed by atoms with Gasteiger partial charge in [0.05, 0.1) is 23.0 Å². The van der Waals surface area contributed by atoms with Gasteiger partial charge in [-0.05, 0) is 73.2 Å². The molecule has 0 bridgehead atoms. The van der Waals surface area contributed by atoms with Crippen molar-refractivity contribution in [3.05, 3.63) is 105 Å². The highest BCUT2D eigenvalue weighted by Gasteiger charge is 2.25. The Balaban J connectivity index is 1.47. The number of nitriles is 1. The second kappa shape index (κ2) is 12.3. The number of benzene rings is 2. The van der Waals surface area contributed by atoms with Crippen molar-refractivity contribution in [2.45, 2.75) is 44.9 Å². The zero-order valence-electron chi connectivity index (χ0n) is 21.1. The van der Waals surface area contributed by atoms with Gasteiger partial charge < -0.3 is 10.2 Å². The van der Waals surface area contributed by atoms with Crippen LogP contribution >= 0.6 is 11.6 Å². The number of hydrogen-bond acceptors (Lipinski definition) is 3. The lowest BCUT2D eigenvalue weighted by Crippen LogP contribution is -2.38. The first-order valence-corrected chi connectivity index (χ1v) is 13.0. The number of likely N-dealkylation sites (tertiary alicyclic amines) is 1. The lowest BCUT2D eigenvalue weighted by atomic mass is 9.88. The highest BCUT2D eigenvalue weighted by molar-refractivity contribution is 6.32. The predicted octanol–water partition coefficient (Wildman–Crippen LogP) is 6.80. The molecule has 0 aromatic heterocycles. The first-order chi connectivity index (χ1) is 18.0. The number of allylic oxidation sites excluding steroid dienone is 3. The molecule has 0 radical (unpaired) electrons. The van der Waals surface area contributed by atoms with E-state index in [1.807, 2.05) is 60.4 Å². The minimum Gasteiger partial charge on any atom is -0.351 e. The quantitative estimate of drug-likeness (QED) is 0.358. The maximum absolute atomic E-state index is 13.5. The van der Waals surface area contributed by atoms with Crippen LogP contribution in [0.5, 0.6) is 0 Å². The van der Waals surface area contributed by atoms with Crippen LogP contribution in [0.3, 0.4) is 0 Å². The highest BCUT2D eigenvalue weighted by atomic mass is 35.5. The van der Waals surface area contributed by atoms with Crippen molar-refractivity contribution in [3.8, 4) is 17.9 Å². The van der Waals surface area contributed by atoms with E-state index in [-0.39, 0.29) is 5.91 Å². The van der Waals surface area contributed by atoms with Crippen molar-refractivity contribution >= 4 is 23.2 Å². The average Bonchev–Trinajstić information content (AvgIpc) is 3.12. The molecule has 1 N–H and O–H groups in total. The molecule has 2 heterocycles. The summed E-state index contributed by atoms with van der Waals surface area (Å²) in [5.41, 5.74) is 9.57. The first kappa shape index (κ1) is 26.1. The maximum Gasteiger partial charge on any atom is 0.253 e. The van der Waals surface area contributed by atoms with E-state index in [1.54, 1.807) is 6.08 Å². The smallest absolute Gasteiger partial charge is 0.253 e. The Bertz CT molecular complexity index is 1380. The van der Waals surface area contributed by atoms with Crippen LogP contribution in [0.15, 0.2) is 77.7 Å². The monoisotopic (exact) mass is 507 g/mol. The van der Waals surface area contributed by atoms with Gasteiger partial charge in [0.2, 0.25) is 0 Å². The van der Waals surface area contributed by atoms with Crippen LogP contribution in [0.4, 0.5) is 0 Å². The molecular formula is C32H30ClN3O. The third-order valence-corrected chi connectivity index (χ3v) is 7.20. The molecule has 4 nitrogen and oxygen atoms in total. The molecule has 1 amide bonds. The Hall–Kier alpha value is -3.95. The van der Waals surface area contributed by atoms with Crippen molar-refractivity contribution in [1.82, 2.24) is 10.2 Å². The van der Waals surface area contributed by atoms with E-state index in [0.717, 1.165) is 41.8 Å². The van der Waals surface area contributed by atoms with Gasteiger partial charge in [0.25, 0.3) is 5.91 Å². The van der Waals surface area contributed by atoms with Gasteiger partial charge in [0.1, 0.15) is 0 Å². The van der Waals surface area contributed by atoms with Crippen LogP contribution in [0.2, 0.25) is 0 Å². The molecule has 4 rings (SSSR count). The van der Waals surface area contributed by atoms with E-state index < -0.39 is 0 Å². The molecule has 37 heavy (non-hydrogen) atoms. The molecule has 0 spiro atoms. The number of aryl methyl sites for hydroxylation is 1. The molecular weight excluding hydrogens is 478 g/mol. The van der Waals surface area contributed by atoms with Gasteiger partial charge in [-0.15, -0.1) is 5.73 Å². The minimum atomic E-state index is 0.0402. The number of hydrogen-bond donors (Lipinski definition) is 1. The summed E-state index contributed by atoms with van der Waals surface area (Å²) >= 11 is 6.69. The van der Waals surface area contributed by atoms with Crippen LogP contribution in [-0.2, 0) is 0 Å². The van der Waals surface area contributed by atoms with E-state index in [0.29, 0.717) is 48.0 Å². The molecule has 2 aromatic rings. The largest absolute Gasteiger partial charge is 0.351 e. The number of rotatable bonds is 5. The number of nitrogens with one attached hydrogen (secondary N) is 1. The van der Waals surface area contributed by atoms with Crippen molar-refractivity contribution in [2.75, 3.05) is 13.1 Å². The molecule has 0 aliphatic carbocycles. The maximum atomic E-state index is 13.5. The Kier molecular flexibility index (Phi) is 8.71. The van der Waals surface area contributed by atoms with Gasteiger partial charge in [-0.25, -0.2) is 0 Å². The average molecular weight is 508 g/mol. The molecule has 2 aliphatic rings. The Morgan fingerprint density at radius 3 is 2.70 bits per heavy atom. The van der Waals surface area contributed by atoms with Gasteiger partial charge in [0, 0.05) is 48.5 Å². The molecule has 0 saturated carbocycles. The van der Waals surface area contributed by atoms with Crippen LogP contribution in [0, 0.1) is 30.1 Å². The Labute approximate surface area is 224 Å². The summed E-state index contributed by atoms with van der Waals surface area (Å²) in [6.45, 7) is 7.07. The Morgan fingerprint density at radius 1 is 1.24 bits per heavy atom. The standard InChI is InChI=1S/C32H30ClN3O/c1-3-4-5-6-8-28-9-7-10-30(33)31(35-28)29-21-27(14-11-23(29)2)32(37)36-19-17-26(18-20-36)25-15-12-24(22-34)13-16-25/h3,7,11-16,21,26,35H,1,6,8,10,17-20H2,2H3. The lowest BCUT2D eigenvalue weighted by Gasteiger charge is -2.32. The lowest BCUT2D eigenvalue weighted by molar-refractivity contribution is 0.0713. The number of carbonyl (C=O) groups excluding carboxylic acids is 1. The van der Waals surface area contributed by atoms with Crippen molar-refractivity contribution in [2.24, 2.45) is 0 Å². The van der Waals surface area contributed by atoms with Gasteiger partial charge >= 0.3 is 0 Å². The second-order valence-electron chi connectivity index (χ2n) is 9.29. The summed E-state index contributed by atoms with van der Waals surface area (Å²) in [6, 6.07) is 15.8. The van der Waals surface area contributed by atoms with Crippen LogP contribution in [0.25, 0.3) is 5.70 Å². The van der Waals surface area contributed by atoms with Crippen LogP contribution in [-0.4, -0.2) is 23.9 Å². The fraction of sp³-hybridized carbons (Fsp3) is 0.281. The van der Waals surface area contributed by atoms with Crippen molar-refractivity contribution in [1.29, 1.82) is 5.26 Å². The molecule has 186 valence electrons. The fourth-order valence-corrected chi connectivity index (χ4v) is 4.98. The summed E-state index contributed by atoms with van der Waals surface area (Å²) in [5, 5.41) is 13.2. The summed E-state index contributed by atoms with van der Waals surface area (Å²) < 4.78 is 0. The van der Waals surface area contributed by atoms with E-state index in [4.69, 9.17) is 16.9 Å². The zero-order chi connectivity index (χ0) is 26.2. The molecule has 1 fully saturated rings. The van der Waals surface area contributed by atoms with Gasteiger partial charge in [-0.1, -0.05) is 48.2 Å². The van der Waals surface area contributed by atoms with Gasteiger partial charge in [-0.2, -0.15) is 5.26 Å². The van der Waals surface area contributed by atoms with E-state index >= 15 is 0 Å². The van der Waals surface area contributed by atoms with E-state index in [1.165, 1.54) is 5.56 Å². The van der Waals surface area contributed by atoms with Gasteiger partial charge in [0.15, 0.2) is 0 Å². The van der Waals surface area contributed by atoms with Crippen LogP contribution < -0.4 is 5.32 Å². The minimum absolute atomic E-state index is 0.0402.